The Kier molecular flexibility index (Phi) is 2.68. The Morgan fingerprint density at radius 2 is 1.62 bits per heavy atom. The van der Waals surface area contributed by atoms with Crippen molar-refractivity contribution in [1.29, 1.82) is 0 Å². The molecule has 0 unspecified atom stereocenters. The van der Waals surface area contributed by atoms with Crippen molar-refractivity contribution in [2.24, 2.45) is 0 Å². The Balaban J connectivity index is 2.09. The van der Waals surface area contributed by atoms with Gasteiger partial charge < -0.3 is 0 Å². The fourth-order valence-electron chi connectivity index (χ4n) is 2.82. The van der Waals surface area contributed by atoms with Gasteiger partial charge in [-0.25, -0.2) is 0 Å². The van der Waals surface area contributed by atoms with Crippen molar-refractivity contribution in [2.75, 3.05) is 0 Å². The van der Waals surface area contributed by atoms with E-state index in [0.717, 1.165) is 22.5 Å². The maximum atomic E-state index is 4.61. The first-order valence-corrected chi connectivity index (χ1v) is 7.03. The Bertz CT molecular complexity index is 958. The highest BCUT2D eigenvalue weighted by molar-refractivity contribution is 6.10. The van der Waals surface area contributed by atoms with Crippen LogP contribution >= 0.6 is 0 Å². The lowest BCUT2D eigenvalue weighted by molar-refractivity contribution is 1.18. The van der Waals surface area contributed by atoms with Crippen LogP contribution in [0, 0.1) is 6.92 Å². The molecule has 0 amide bonds. The van der Waals surface area contributed by atoms with Gasteiger partial charge in [0.1, 0.15) is 0 Å². The summed E-state index contributed by atoms with van der Waals surface area (Å²) >= 11 is 0. The summed E-state index contributed by atoms with van der Waals surface area (Å²) in [5.41, 5.74) is 2.88. The van der Waals surface area contributed by atoms with Crippen molar-refractivity contribution in [1.82, 2.24) is 9.97 Å². The molecule has 2 heterocycles. The van der Waals surface area contributed by atoms with Gasteiger partial charge in [0.25, 0.3) is 0 Å². The fourth-order valence-corrected chi connectivity index (χ4v) is 2.82. The van der Waals surface area contributed by atoms with Crippen LogP contribution in [0.15, 0.2) is 66.9 Å². The van der Waals surface area contributed by atoms with Gasteiger partial charge in [-0.05, 0) is 41.3 Å². The summed E-state index contributed by atoms with van der Waals surface area (Å²) in [6.07, 6.45) is 1.87. The van der Waals surface area contributed by atoms with Crippen molar-refractivity contribution in [3.8, 4) is 11.4 Å². The van der Waals surface area contributed by atoms with Crippen LogP contribution in [0.5, 0.6) is 0 Å². The molecule has 0 bridgehead atoms. The number of fused-ring (bicyclic) bond motifs is 3. The average molecular weight is 270 g/mol. The molecule has 0 saturated carbocycles. The van der Waals surface area contributed by atoms with E-state index in [-0.39, 0.29) is 0 Å². The minimum atomic E-state index is 0.927. The van der Waals surface area contributed by atoms with Crippen LogP contribution in [-0.2, 0) is 0 Å². The van der Waals surface area contributed by atoms with Gasteiger partial charge in [-0.15, -0.1) is 0 Å². The average Bonchev–Trinajstić information content (AvgIpc) is 2.54. The molecule has 2 heteroatoms. The van der Waals surface area contributed by atoms with Crippen LogP contribution in [0.25, 0.3) is 32.9 Å². The number of pyridine rings is 2. The molecular formula is C19H14N2. The van der Waals surface area contributed by atoms with Crippen LogP contribution in [0.2, 0.25) is 0 Å². The van der Waals surface area contributed by atoms with Crippen molar-refractivity contribution >= 4 is 21.5 Å². The van der Waals surface area contributed by atoms with E-state index >= 15 is 0 Å². The fraction of sp³-hybridized carbons (Fsp3) is 0.0526. The van der Waals surface area contributed by atoms with Gasteiger partial charge in [-0.1, -0.05) is 42.5 Å². The van der Waals surface area contributed by atoms with Crippen molar-refractivity contribution in [2.45, 2.75) is 6.92 Å². The number of aryl methyl sites for hydroxylation is 1. The van der Waals surface area contributed by atoms with Crippen molar-refractivity contribution < 1.29 is 0 Å². The van der Waals surface area contributed by atoms with Crippen molar-refractivity contribution in [3.05, 3.63) is 72.6 Å². The van der Waals surface area contributed by atoms with Crippen LogP contribution in [-0.4, -0.2) is 9.97 Å². The van der Waals surface area contributed by atoms with E-state index in [2.05, 4.69) is 52.4 Å². The lowest BCUT2D eigenvalue weighted by atomic mass is 10.0. The molecule has 2 aromatic carbocycles. The van der Waals surface area contributed by atoms with E-state index in [1.165, 1.54) is 16.2 Å². The van der Waals surface area contributed by atoms with Crippen molar-refractivity contribution in [3.63, 3.8) is 0 Å². The van der Waals surface area contributed by atoms with E-state index in [0.29, 0.717) is 0 Å². The van der Waals surface area contributed by atoms with E-state index in [1.807, 2.05) is 31.3 Å². The highest BCUT2D eigenvalue weighted by Crippen LogP contribution is 2.30. The van der Waals surface area contributed by atoms with E-state index in [4.69, 9.17) is 0 Å². The molecule has 0 atom stereocenters. The van der Waals surface area contributed by atoms with Crippen LogP contribution < -0.4 is 0 Å². The third kappa shape index (κ3) is 1.96. The molecule has 4 rings (SSSR count). The quantitative estimate of drug-likeness (QED) is 0.466. The van der Waals surface area contributed by atoms with Gasteiger partial charge in [0.05, 0.1) is 11.4 Å². The number of hydrogen-bond acceptors (Lipinski definition) is 2. The zero-order valence-electron chi connectivity index (χ0n) is 11.7. The summed E-state index contributed by atoms with van der Waals surface area (Å²) in [6.45, 7) is 2.00. The predicted molar refractivity (Wildman–Crippen MR) is 87.2 cm³/mol. The zero-order valence-corrected chi connectivity index (χ0v) is 11.7. The summed E-state index contributed by atoms with van der Waals surface area (Å²) in [4.78, 5) is 9.17. The Morgan fingerprint density at radius 3 is 2.52 bits per heavy atom. The Morgan fingerprint density at radius 1 is 0.714 bits per heavy atom. The second kappa shape index (κ2) is 4.67. The summed E-state index contributed by atoms with van der Waals surface area (Å²) < 4.78 is 0. The maximum Gasteiger partial charge on any atom is 0.0964 e. The molecule has 0 N–H and O–H groups in total. The van der Waals surface area contributed by atoms with E-state index < -0.39 is 0 Å². The molecule has 2 nitrogen and oxygen atoms in total. The van der Waals surface area contributed by atoms with Gasteiger partial charge in [-0.2, -0.15) is 0 Å². The normalized spacial score (nSPS) is 11.1. The van der Waals surface area contributed by atoms with E-state index in [1.54, 1.807) is 0 Å². The standard InChI is InChI=1S/C19H14N2/c1-13-5-4-8-18(21-13)19-17-10-9-14-6-2-3-7-15(14)16(17)11-12-20-19/h2-12H,1H3. The van der Waals surface area contributed by atoms with Gasteiger partial charge >= 0.3 is 0 Å². The zero-order chi connectivity index (χ0) is 14.2. The molecular weight excluding hydrogens is 256 g/mol. The second-order valence-corrected chi connectivity index (χ2v) is 5.21. The summed E-state index contributed by atoms with van der Waals surface area (Å²) in [6, 6.07) is 20.9. The number of hydrogen-bond donors (Lipinski definition) is 0. The minimum absolute atomic E-state index is 0.927. The molecule has 100 valence electrons. The molecule has 0 aliphatic carbocycles. The smallest absolute Gasteiger partial charge is 0.0964 e. The number of nitrogens with zero attached hydrogens (tertiary/aromatic N) is 2. The third-order valence-electron chi connectivity index (χ3n) is 3.80. The van der Waals surface area contributed by atoms with Crippen LogP contribution in [0.3, 0.4) is 0 Å². The number of rotatable bonds is 1. The molecule has 0 spiro atoms. The first-order valence-electron chi connectivity index (χ1n) is 7.03. The number of benzene rings is 2. The molecule has 21 heavy (non-hydrogen) atoms. The topological polar surface area (TPSA) is 25.8 Å². The van der Waals surface area contributed by atoms with Gasteiger partial charge in [-0.3, -0.25) is 9.97 Å². The highest BCUT2D eigenvalue weighted by Gasteiger charge is 2.08. The molecule has 0 aliphatic rings. The number of aromatic nitrogens is 2. The second-order valence-electron chi connectivity index (χ2n) is 5.21. The Hall–Kier alpha value is -2.74. The highest BCUT2D eigenvalue weighted by atomic mass is 14.8. The van der Waals surface area contributed by atoms with E-state index in [9.17, 15) is 0 Å². The SMILES string of the molecule is Cc1cccc(-c2nccc3c2ccc2ccccc23)n1. The maximum absolute atomic E-state index is 4.61. The van der Waals surface area contributed by atoms with Crippen LogP contribution in [0.4, 0.5) is 0 Å². The van der Waals surface area contributed by atoms with Crippen LogP contribution in [0.1, 0.15) is 5.69 Å². The van der Waals surface area contributed by atoms with Gasteiger partial charge in [0.15, 0.2) is 0 Å². The lowest BCUT2D eigenvalue weighted by Gasteiger charge is -2.08. The Labute approximate surface area is 123 Å². The lowest BCUT2D eigenvalue weighted by Crippen LogP contribution is -1.91. The third-order valence-corrected chi connectivity index (χ3v) is 3.80. The monoisotopic (exact) mass is 270 g/mol. The summed E-state index contributed by atoms with van der Waals surface area (Å²) in [5, 5.41) is 4.88. The van der Waals surface area contributed by atoms with Gasteiger partial charge in [0, 0.05) is 17.3 Å². The summed E-state index contributed by atoms with van der Waals surface area (Å²) in [7, 11) is 0. The molecule has 0 saturated heterocycles. The molecule has 0 radical (unpaired) electrons. The van der Waals surface area contributed by atoms with Gasteiger partial charge in [0.2, 0.25) is 0 Å². The first-order chi connectivity index (χ1) is 10.3. The molecule has 4 aromatic rings. The molecule has 2 aromatic heterocycles. The largest absolute Gasteiger partial charge is 0.254 e. The summed E-state index contributed by atoms with van der Waals surface area (Å²) in [5.74, 6) is 0. The first kappa shape index (κ1) is 12.0. The minimum Gasteiger partial charge on any atom is -0.254 e. The molecule has 0 aliphatic heterocycles. The molecule has 0 fully saturated rings. The predicted octanol–water partition coefficient (Wildman–Crippen LogP) is 4.76.